The number of rotatable bonds is 6. The minimum absolute atomic E-state index is 0.0636. The number of ether oxygens (including phenoxy) is 1. The second kappa shape index (κ2) is 10.4. The van der Waals surface area contributed by atoms with Crippen molar-refractivity contribution in [1.82, 2.24) is 14.1 Å². The van der Waals surface area contributed by atoms with Crippen molar-refractivity contribution in [1.29, 1.82) is 0 Å². The number of hydrogen-bond acceptors (Lipinski definition) is 6. The van der Waals surface area contributed by atoms with Gasteiger partial charge >= 0.3 is 0 Å². The summed E-state index contributed by atoms with van der Waals surface area (Å²) >= 11 is 9.46. The van der Waals surface area contributed by atoms with Gasteiger partial charge in [-0.3, -0.25) is 4.79 Å². The summed E-state index contributed by atoms with van der Waals surface area (Å²) in [6.45, 7) is 2.41. The second-order valence-electron chi connectivity index (χ2n) is 8.30. The van der Waals surface area contributed by atoms with E-state index in [0.717, 1.165) is 25.5 Å². The van der Waals surface area contributed by atoms with Gasteiger partial charge < -0.3 is 10.1 Å². The first-order valence-corrected chi connectivity index (χ1v) is 13.4. The quantitative estimate of drug-likeness (QED) is 0.577. The van der Waals surface area contributed by atoms with Crippen LogP contribution >= 0.6 is 27.5 Å². The number of benzene rings is 1. The van der Waals surface area contributed by atoms with Gasteiger partial charge in [0.25, 0.3) is 5.56 Å². The summed E-state index contributed by atoms with van der Waals surface area (Å²) in [4.78, 5) is 12.5. The monoisotopic (exact) mass is 562 g/mol. The number of sulfonamides is 1. The maximum atomic E-state index is 14.2. The number of piperidine rings is 1. The molecule has 2 fully saturated rings. The van der Waals surface area contributed by atoms with E-state index in [4.69, 9.17) is 16.3 Å². The molecular formula is C21H25BrClFN4O4S. The Bertz CT molecular complexity index is 1170. The van der Waals surface area contributed by atoms with Crippen LogP contribution < -0.4 is 10.9 Å². The molecule has 2 saturated heterocycles. The molecule has 0 spiro atoms. The van der Waals surface area contributed by atoms with E-state index in [1.807, 2.05) is 0 Å². The van der Waals surface area contributed by atoms with Crippen LogP contribution in [0, 0.1) is 11.7 Å². The van der Waals surface area contributed by atoms with Crippen LogP contribution in [0.5, 0.6) is 0 Å². The molecule has 12 heteroatoms. The zero-order chi connectivity index (χ0) is 23.6. The van der Waals surface area contributed by atoms with Crippen LogP contribution in [-0.2, 0) is 14.8 Å². The summed E-state index contributed by atoms with van der Waals surface area (Å²) in [5.41, 5.74) is 0.0658. The highest BCUT2D eigenvalue weighted by atomic mass is 79.9. The third-order valence-corrected chi connectivity index (χ3v) is 8.85. The van der Waals surface area contributed by atoms with Gasteiger partial charge in [0.05, 0.1) is 24.5 Å². The maximum Gasteiger partial charge on any atom is 0.287 e. The smallest absolute Gasteiger partial charge is 0.287 e. The van der Waals surface area contributed by atoms with Gasteiger partial charge in [-0.25, -0.2) is 17.5 Å². The molecule has 180 valence electrons. The van der Waals surface area contributed by atoms with Crippen LogP contribution in [0.2, 0.25) is 5.02 Å². The van der Waals surface area contributed by atoms with E-state index >= 15 is 0 Å². The summed E-state index contributed by atoms with van der Waals surface area (Å²) in [7, 11) is -3.97. The molecule has 33 heavy (non-hydrogen) atoms. The number of anilines is 1. The van der Waals surface area contributed by atoms with Gasteiger partial charge in [-0.05, 0) is 49.8 Å². The lowest BCUT2D eigenvalue weighted by molar-refractivity contribution is 0.0595. The Morgan fingerprint density at radius 3 is 2.70 bits per heavy atom. The summed E-state index contributed by atoms with van der Waals surface area (Å²) in [5.74, 6) is -0.446. The fourth-order valence-corrected chi connectivity index (χ4v) is 6.25. The zero-order valence-corrected chi connectivity index (χ0v) is 21.0. The molecule has 1 aromatic heterocycles. The first kappa shape index (κ1) is 24.6. The standard InChI is InChI=1S/C21H25BrClFN4O4S/c22-15-3-4-19(17(24)10-15)33(30,31)27-7-5-16(6-8-27)28-21(29)20(23)18(12-26-28)25-11-14-2-1-9-32-13-14/h3-4,10,12,14,16,25H,1-2,5-9,11,13H2/t14-/m0/s1. The average molecular weight is 564 g/mol. The molecule has 2 aliphatic heterocycles. The third-order valence-electron chi connectivity index (χ3n) is 6.06. The molecule has 0 amide bonds. The Morgan fingerprint density at radius 2 is 2.03 bits per heavy atom. The molecule has 1 atom stereocenters. The molecule has 0 unspecified atom stereocenters. The zero-order valence-electron chi connectivity index (χ0n) is 17.8. The molecular weight excluding hydrogens is 539 g/mol. The van der Waals surface area contributed by atoms with Gasteiger partial charge in [-0.2, -0.15) is 9.40 Å². The third kappa shape index (κ3) is 5.43. The molecule has 2 aromatic rings. The molecule has 0 saturated carbocycles. The van der Waals surface area contributed by atoms with Crippen molar-refractivity contribution in [2.24, 2.45) is 5.92 Å². The van der Waals surface area contributed by atoms with Gasteiger partial charge in [0, 0.05) is 30.7 Å². The molecule has 2 aliphatic rings. The second-order valence-corrected chi connectivity index (χ2v) is 11.5. The van der Waals surface area contributed by atoms with Crippen molar-refractivity contribution in [2.45, 2.75) is 36.6 Å². The van der Waals surface area contributed by atoms with Crippen molar-refractivity contribution >= 4 is 43.2 Å². The van der Waals surface area contributed by atoms with Crippen LogP contribution in [-0.4, -0.2) is 55.4 Å². The molecule has 0 bridgehead atoms. The molecule has 1 N–H and O–H groups in total. The summed E-state index contributed by atoms with van der Waals surface area (Å²) in [6.07, 6.45) is 4.34. The van der Waals surface area contributed by atoms with E-state index in [9.17, 15) is 17.6 Å². The highest BCUT2D eigenvalue weighted by Crippen LogP contribution is 2.29. The van der Waals surface area contributed by atoms with Gasteiger partial charge in [0.2, 0.25) is 10.0 Å². The molecule has 8 nitrogen and oxygen atoms in total. The summed E-state index contributed by atoms with van der Waals surface area (Å²) < 4.78 is 48.5. The first-order chi connectivity index (χ1) is 15.8. The molecule has 4 rings (SSSR count). The van der Waals surface area contributed by atoms with Crippen molar-refractivity contribution in [3.63, 3.8) is 0 Å². The highest BCUT2D eigenvalue weighted by Gasteiger charge is 2.33. The maximum absolute atomic E-state index is 14.2. The van der Waals surface area contributed by atoms with Crippen molar-refractivity contribution in [2.75, 3.05) is 38.2 Å². The Morgan fingerprint density at radius 1 is 1.27 bits per heavy atom. The van der Waals surface area contributed by atoms with Gasteiger partial charge in [0.1, 0.15) is 15.7 Å². The molecule has 3 heterocycles. The summed E-state index contributed by atoms with van der Waals surface area (Å²) in [5, 5.41) is 7.55. The Hall–Kier alpha value is -1.53. The van der Waals surface area contributed by atoms with E-state index in [-0.39, 0.29) is 29.0 Å². The largest absolute Gasteiger partial charge is 0.382 e. The lowest BCUT2D eigenvalue weighted by Crippen LogP contribution is -2.41. The molecule has 0 radical (unpaired) electrons. The van der Waals surface area contributed by atoms with E-state index in [0.29, 0.717) is 42.1 Å². The van der Waals surface area contributed by atoms with Crippen molar-refractivity contribution in [3.05, 3.63) is 50.1 Å². The van der Waals surface area contributed by atoms with Crippen LogP contribution in [0.25, 0.3) is 0 Å². The summed E-state index contributed by atoms with van der Waals surface area (Å²) in [6, 6.07) is 3.57. The lowest BCUT2D eigenvalue weighted by Gasteiger charge is -2.31. The molecule has 0 aliphatic carbocycles. The van der Waals surface area contributed by atoms with E-state index < -0.39 is 21.4 Å². The van der Waals surface area contributed by atoms with E-state index in [1.54, 1.807) is 0 Å². The van der Waals surface area contributed by atoms with Gasteiger partial charge in [-0.15, -0.1) is 0 Å². The number of halogens is 3. The highest BCUT2D eigenvalue weighted by molar-refractivity contribution is 9.10. The number of aromatic nitrogens is 2. The lowest BCUT2D eigenvalue weighted by atomic mass is 10.0. The van der Waals surface area contributed by atoms with Gasteiger partial charge in [0.15, 0.2) is 0 Å². The number of nitrogens with zero attached hydrogens (tertiary/aromatic N) is 3. The van der Waals surface area contributed by atoms with Crippen LogP contribution in [0.1, 0.15) is 31.7 Å². The predicted octanol–water partition coefficient (Wildman–Crippen LogP) is 3.66. The van der Waals surface area contributed by atoms with Gasteiger partial charge in [-0.1, -0.05) is 27.5 Å². The Balaban J connectivity index is 1.42. The Kier molecular flexibility index (Phi) is 7.74. The van der Waals surface area contributed by atoms with Crippen molar-refractivity contribution in [3.8, 4) is 0 Å². The average Bonchev–Trinajstić information content (AvgIpc) is 2.80. The predicted molar refractivity (Wildman–Crippen MR) is 127 cm³/mol. The van der Waals surface area contributed by atoms with Crippen molar-refractivity contribution < 1.29 is 17.5 Å². The van der Waals surface area contributed by atoms with Crippen LogP contribution in [0.15, 0.2) is 38.6 Å². The fourth-order valence-electron chi connectivity index (χ4n) is 4.20. The van der Waals surface area contributed by atoms with Crippen LogP contribution in [0.3, 0.4) is 0 Å². The fraction of sp³-hybridized carbons (Fsp3) is 0.524. The van der Waals surface area contributed by atoms with E-state index in [1.165, 1.54) is 27.3 Å². The minimum Gasteiger partial charge on any atom is -0.382 e. The first-order valence-electron chi connectivity index (χ1n) is 10.8. The Labute approximate surface area is 205 Å². The minimum atomic E-state index is -3.97. The van der Waals surface area contributed by atoms with E-state index in [2.05, 4.69) is 26.3 Å². The number of hydrogen-bond donors (Lipinski definition) is 1. The normalized spacial score (nSPS) is 20.6. The SMILES string of the molecule is O=c1c(Cl)c(NC[C@@H]2CCCOC2)cnn1C1CCN(S(=O)(=O)c2ccc(Br)cc2F)CC1. The molecule has 1 aromatic carbocycles. The van der Waals surface area contributed by atoms with Crippen LogP contribution in [0.4, 0.5) is 10.1 Å². The number of nitrogens with one attached hydrogen (secondary N) is 1. The topological polar surface area (TPSA) is 93.5 Å².